The minimum Gasteiger partial charge on any atom is -0.464 e. The highest BCUT2D eigenvalue weighted by atomic mass is 32.7. The largest absolute Gasteiger partial charge is 0.464 e. The maximum absolute atomic E-state index is 12.2. The van der Waals surface area contributed by atoms with Crippen molar-refractivity contribution in [1.82, 2.24) is 9.99 Å². The summed E-state index contributed by atoms with van der Waals surface area (Å²) in [5.74, 6) is 0.624. The number of ether oxygens (including phenoxy) is 2. The lowest BCUT2D eigenvalue weighted by Crippen LogP contribution is -2.39. The van der Waals surface area contributed by atoms with Crippen LogP contribution in [0.1, 0.15) is 20.3 Å². The molecule has 1 N–H and O–H groups in total. The Bertz CT molecular complexity index is 324. The van der Waals surface area contributed by atoms with Gasteiger partial charge < -0.3 is 14.0 Å². The van der Waals surface area contributed by atoms with Crippen molar-refractivity contribution in [1.29, 1.82) is 0 Å². The zero-order valence-corrected chi connectivity index (χ0v) is 15.8. The van der Waals surface area contributed by atoms with Gasteiger partial charge in [0.05, 0.1) is 18.6 Å². The van der Waals surface area contributed by atoms with Gasteiger partial charge in [0.15, 0.2) is 7.50 Å². The summed E-state index contributed by atoms with van der Waals surface area (Å²) in [7, 11) is 2.87. The van der Waals surface area contributed by atoms with E-state index in [1.165, 1.54) is 0 Å². The Labute approximate surface area is 139 Å². The summed E-state index contributed by atoms with van der Waals surface area (Å²) in [5.41, 5.74) is -0.446. The van der Waals surface area contributed by atoms with E-state index >= 15 is 0 Å². The second-order valence-electron chi connectivity index (χ2n) is 5.72. The molecule has 0 aliphatic carbocycles. The molecule has 1 fully saturated rings. The fraction of sp³-hybridized carbons (Fsp3) is 0.929. The van der Waals surface area contributed by atoms with Crippen molar-refractivity contribution in [2.24, 2.45) is 5.41 Å². The predicted molar refractivity (Wildman–Crippen MR) is 92.1 cm³/mol. The number of esters is 1. The van der Waals surface area contributed by atoms with Crippen LogP contribution in [0.15, 0.2) is 0 Å². The molecule has 1 unspecified atom stereocenters. The van der Waals surface area contributed by atoms with Gasteiger partial charge in [-0.15, -0.1) is 0 Å². The van der Waals surface area contributed by atoms with Crippen molar-refractivity contribution in [3.63, 3.8) is 0 Å². The van der Waals surface area contributed by atoms with E-state index in [1.54, 1.807) is 18.5 Å². The van der Waals surface area contributed by atoms with Crippen LogP contribution in [0.4, 0.5) is 0 Å². The quantitative estimate of drug-likeness (QED) is 0.367. The maximum Gasteiger partial charge on any atom is 0.311 e. The maximum atomic E-state index is 12.2. The van der Waals surface area contributed by atoms with Gasteiger partial charge in [-0.2, -0.15) is 0 Å². The van der Waals surface area contributed by atoms with Gasteiger partial charge >= 0.3 is 5.97 Å². The van der Waals surface area contributed by atoms with E-state index in [1.807, 2.05) is 20.9 Å². The Balaban J connectivity index is 2.20. The topological polar surface area (TPSA) is 60.0 Å². The lowest BCUT2D eigenvalue weighted by atomic mass is 9.89. The van der Waals surface area contributed by atoms with Crippen LogP contribution in [-0.4, -0.2) is 70.2 Å². The minimum atomic E-state index is -0.674. The molecular weight excluding hydrogens is 323 g/mol. The summed E-state index contributed by atoms with van der Waals surface area (Å²) in [6, 6.07) is 0. The van der Waals surface area contributed by atoms with Crippen LogP contribution in [0.5, 0.6) is 0 Å². The van der Waals surface area contributed by atoms with Crippen LogP contribution in [0.2, 0.25) is 0 Å². The number of hydrogen-bond donors (Lipinski definition) is 1. The van der Waals surface area contributed by atoms with Crippen LogP contribution in [0.25, 0.3) is 0 Å². The van der Waals surface area contributed by atoms with Crippen LogP contribution < -0.4 is 5.09 Å². The Morgan fingerprint density at radius 2 is 2.09 bits per heavy atom. The second-order valence-corrected chi connectivity index (χ2v) is 9.48. The SMILES string of the molecule is CNP(OC)SCCOC(=O)C(C)(C)CCN1CCOCC1. The molecule has 1 heterocycles. The third-order valence-electron chi connectivity index (χ3n) is 3.58. The summed E-state index contributed by atoms with van der Waals surface area (Å²) in [5, 5.41) is 3.08. The predicted octanol–water partition coefficient (Wildman–Crippen LogP) is 2.10. The molecule has 130 valence electrons. The summed E-state index contributed by atoms with van der Waals surface area (Å²) in [4.78, 5) is 14.5. The fourth-order valence-corrected chi connectivity index (χ4v) is 4.19. The molecule has 0 spiro atoms. The molecule has 0 saturated carbocycles. The van der Waals surface area contributed by atoms with Gasteiger partial charge in [0.1, 0.15) is 6.61 Å². The number of carbonyl (C=O) groups is 1. The molecule has 1 rings (SSSR count). The highest BCUT2D eigenvalue weighted by Crippen LogP contribution is 2.45. The number of nitrogens with one attached hydrogen (secondary N) is 1. The highest BCUT2D eigenvalue weighted by Gasteiger charge is 2.30. The van der Waals surface area contributed by atoms with Gasteiger partial charge in [-0.1, -0.05) is 11.4 Å². The molecule has 22 heavy (non-hydrogen) atoms. The first-order valence-corrected chi connectivity index (χ1v) is 10.5. The first kappa shape index (κ1) is 20.1. The van der Waals surface area contributed by atoms with E-state index in [-0.39, 0.29) is 5.97 Å². The first-order valence-electron chi connectivity index (χ1n) is 7.61. The van der Waals surface area contributed by atoms with Gasteiger partial charge in [-0.05, 0) is 33.9 Å². The van der Waals surface area contributed by atoms with Crippen LogP contribution >= 0.6 is 18.9 Å². The van der Waals surface area contributed by atoms with E-state index in [9.17, 15) is 4.79 Å². The summed E-state index contributed by atoms with van der Waals surface area (Å²) >= 11 is 1.64. The van der Waals surface area contributed by atoms with E-state index < -0.39 is 12.9 Å². The third-order valence-corrected chi connectivity index (χ3v) is 7.11. The lowest BCUT2D eigenvalue weighted by Gasteiger charge is -2.30. The Hall–Kier alpha value is 0.0900. The fourth-order valence-electron chi connectivity index (χ4n) is 2.02. The van der Waals surface area contributed by atoms with Crippen molar-refractivity contribution < 1.29 is 18.8 Å². The Morgan fingerprint density at radius 3 is 2.68 bits per heavy atom. The molecule has 0 bridgehead atoms. The number of morpholine rings is 1. The molecule has 1 aliphatic rings. The van der Waals surface area contributed by atoms with E-state index in [0.717, 1.165) is 45.0 Å². The molecule has 1 atom stereocenters. The van der Waals surface area contributed by atoms with Crippen molar-refractivity contribution in [2.75, 3.05) is 59.4 Å². The monoisotopic (exact) mass is 352 g/mol. The molecule has 0 aromatic rings. The average molecular weight is 352 g/mol. The average Bonchev–Trinajstić information content (AvgIpc) is 2.54. The molecule has 1 aliphatic heterocycles. The zero-order chi connectivity index (χ0) is 16.4. The van der Waals surface area contributed by atoms with Crippen molar-refractivity contribution >= 4 is 24.9 Å². The number of nitrogens with zero attached hydrogens (tertiary/aromatic N) is 1. The number of hydrogen-bond acceptors (Lipinski definition) is 7. The summed E-state index contributed by atoms with van der Waals surface area (Å²) < 4.78 is 16.0. The van der Waals surface area contributed by atoms with Gasteiger partial charge in [0.25, 0.3) is 0 Å². The van der Waals surface area contributed by atoms with Gasteiger partial charge in [-0.3, -0.25) is 14.8 Å². The smallest absolute Gasteiger partial charge is 0.311 e. The Kier molecular flexibility index (Phi) is 9.87. The van der Waals surface area contributed by atoms with Gasteiger partial charge in [-0.25, -0.2) is 0 Å². The highest BCUT2D eigenvalue weighted by molar-refractivity contribution is 8.53. The first-order chi connectivity index (χ1) is 10.5. The molecule has 0 aromatic heterocycles. The molecule has 0 amide bonds. The normalized spacial score (nSPS) is 18.2. The van der Waals surface area contributed by atoms with E-state index in [0.29, 0.717) is 6.61 Å². The van der Waals surface area contributed by atoms with Crippen LogP contribution in [0, 0.1) is 5.41 Å². The van der Waals surface area contributed by atoms with E-state index in [4.69, 9.17) is 14.0 Å². The standard InChI is InChI=1S/C14H29N2O4PS/c1-14(2,5-6-16-7-9-19-10-8-16)13(17)20-11-12-22-21(15-3)18-4/h15H,5-12H2,1-4H3. The third kappa shape index (κ3) is 7.57. The second kappa shape index (κ2) is 10.8. The molecule has 0 radical (unpaired) electrons. The summed E-state index contributed by atoms with van der Waals surface area (Å²) in [6.45, 7) is 8.73. The van der Waals surface area contributed by atoms with E-state index in [2.05, 4.69) is 9.99 Å². The molecular formula is C14H29N2O4PS. The van der Waals surface area contributed by atoms with Gasteiger partial charge in [0, 0.05) is 26.0 Å². The minimum absolute atomic E-state index is 0.118. The van der Waals surface area contributed by atoms with Crippen molar-refractivity contribution in [2.45, 2.75) is 20.3 Å². The van der Waals surface area contributed by atoms with Gasteiger partial charge in [0.2, 0.25) is 0 Å². The molecule has 1 saturated heterocycles. The number of carbonyl (C=O) groups excluding carboxylic acids is 1. The molecule has 0 aromatic carbocycles. The number of rotatable bonds is 10. The van der Waals surface area contributed by atoms with Crippen LogP contribution in [-0.2, 0) is 18.8 Å². The Morgan fingerprint density at radius 1 is 1.41 bits per heavy atom. The molecule has 6 nitrogen and oxygen atoms in total. The summed E-state index contributed by atoms with van der Waals surface area (Å²) in [6.07, 6.45) is 0.806. The van der Waals surface area contributed by atoms with Crippen molar-refractivity contribution in [3.8, 4) is 0 Å². The van der Waals surface area contributed by atoms with Crippen LogP contribution in [0.3, 0.4) is 0 Å². The lowest BCUT2D eigenvalue weighted by molar-refractivity contribution is -0.153. The zero-order valence-electron chi connectivity index (χ0n) is 14.1. The van der Waals surface area contributed by atoms with Crippen molar-refractivity contribution in [3.05, 3.63) is 0 Å². The molecule has 8 heteroatoms.